The smallest absolute Gasteiger partial charge is 0.136 e. The largest absolute Gasteiger partial charge is 0.496 e. The van der Waals surface area contributed by atoms with Crippen molar-refractivity contribution in [2.75, 3.05) is 41.4 Å². The molecule has 1 aromatic heterocycles. The molecule has 0 atom stereocenters. The second kappa shape index (κ2) is 11.5. The minimum atomic E-state index is 0.474. The van der Waals surface area contributed by atoms with Crippen molar-refractivity contribution in [3.05, 3.63) is 65.6 Å². The van der Waals surface area contributed by atoms with Crippen molar-refractivity contribution in [2.24, 2.45) is 0 Å². The van der Waals surface area contributed by atoms with Gasteiger partial charge in [0.2, 0.25) is 0 Å². The Balaban J connectivity index is 1.74. The van der Waals surface area contributed by atoms with Gasteiger partial charge in [0.1, 0.15) is 23.4 Å². The van der Waals surface area contributed by atoms with Gasteiger partial charge in [-0.3, -0.25) is 4.72 Å². The van der Waals surface area contributed by atoms with Gasteiger partial charge in [-0.15, -0.1) is 0 Å². The number of hydrogen-bond acceptors (Lipinski definition) is 8. The van der Waals surface area contributed by atoms with E-state index >= 15 is 0 Å². The van der Waals surface area contributed by atoms with E-state index in [4.69, 9.17) is 14.5 Å². The lowest BCUT2D eigenvalue weighted by Crippen LogP contribution is -2.22. The zero-order chi connectivity index (χ0) is 22.9. The van der Waals surface area contributed by atoms with Crippen LogP contribution in [-0.4, -0.2) is 56.3 Å². The standard InChI is InChI=1S/C24H27N5O2S/c1-29(2)12-11-27-32-23-8-5-17(13-22(23)31-4)14-24-26-10-9-20(28-24)18-6-7-21(30-3)19(15-18)16-25/h5-10,13,15,27H,11-12,14H2,1-4H3. The highest BCUT2D eigenvalue weighted by molar-refractivity contribution is 7.97. The van der Waals surface area contributed by atoms with Crippen LogP contribution in [0.15, 0.2) is 53.6 Å². The first kappa shape index (κ1) is 23.5. The summed E-state index contributed by atoms with van der Waals surface area (Å²) in [4.78, 5) is 12.3. The molecule has 1 N–H and O–H groups in total. The van der Waals surface area contributed by atoms with Crippen LogP contribution in [0, 0.1) is 11.3 Å². The van der Waals surface area contributed by atoms with E-state index in [-0.39, 0.29) is 0 Å². The molecule has 3 aromatic rings. The van der Waals surface area contributed by atoms with Gasteiger partial charge in [-0.05, 0) is 68.0 Å². The fraction of sp³-hybridized carbons (Fsp3) is 0.292. The van der Waals surface area contributed by atoms with Gasteiger partial charge in [0.15, 0.2) is 0 Å². The average molecular weight is 450 g/mol. The van der Waals surface area contributed by atoms with Crippen LogP contribution in [0.25, 0.3) is 11.3 Å². The molecule has 1 heterocycles. The first-order valence-corrected chi connectivity index (χ1v) is 11.0. The summed E-state index contributed by atoms with van der Waals surface area (Å²) in [5.74, 6) is 2.06. The molecule has 0 fully saturated rings. The molecular weight excluding hydrogens is 422 g/mol. The van der Waals surface area contributed by atoms with Gasteiger partial charge < -0.3 is 14.4 Å². The van der Waals surface area contributed by atoms with Crippen LogP contribution in [0.1, 0.15) is 17.0 Å². The van der Waals surface area contributed by atoms with Crippen LogP contribution in [0.3, 0.4) is 0 Å². The third-order valence-corrected chi connectivity index (χ3v) is 5.66. The zero-order valence-corrected chi connectivity index (χ0v) is 19.6. The van der Waals surface area contributed by atoms with E-state index in [1.165, 1.54) is 0 Å². The van der Waals surface area contributed by atoms with Crippen molar-refractivity contribution in [3.63, 3.8) is 0 Å². The van der Waals surface area contributed by atoms with E-state index in [0.717, 1.165) is 40.6 Å². The highest BCUT2D eigenvalue weighted by Crippen LogP contribution is 2.29. The van der Waals surface area contributed by atoms with E-state index in [9.17, 15) is 5.26 Å². The Kier molecular flexibility index (Phi) is 8.45. The maximum Gasteiger partial charge on any atom is 0.136 e. The predicted molar refractivity (Wildman–Crippen MR) is 127 cm³/mol. The van der Waals surface area contributed by atoms with Gasteiger partial charge in [0.05, 0.1) is 30.4 Å². The number of rotatable bonds is 10. The fourth-order valence-electron chi connectivity index (χ4n) is 3.09. The summed E-state index contributed by atoms with van der Waals surface area (Å²) in [7, 11) is 7.33. The number of nitriles is 1. The molecule has 0 aliphatic carbocycles. The Morgan fingerprint density at radius 2 is 1.88 bits per heavy atom. The van der Waals surface area contributed by atoms with Crippen LogP contribution >= 0.6 is 11.9 Å². The van der Waals surface area contributed by atoms with Crippen molar-refractivity contribution >= 4 is 11.9 Å². The summed E-state index contributed by atoms with van der Waals surface area (Å²) in [5.41, 5.74) is 3.14. The molecule has 7 nitrogen and oxygen atoms in total. The van der Waals surface area contributed by atoms with E-state index < -0.39 is 0 Å². The number of nitrogens with one attached hydrogen (secondary N) is 1. The van der Waals surface area contributed by atoms with Crippen molar-refractivity contribution in [1.29, 1.82) is 5.26 Å². The number of likely N-dealkylation sites (N-methyl/N-ethyl adjacent to an activating group) is 1. The monoisotopic (exact) mass is 449 g/mol. The highest BCUT2D eigenvalue weighted by Gasteiger charge is 2.10. The quantitative estimate of drug-likeness (QED) is 0.370. The molecule has 0 saturated heterocycles. The van der Waals surface area contributed by atoms with E-state index in [2.05, 4.69) is 40.8 Å². The van der Waals surface area contributed by atoms with Gasteiger partial charge in [0.25, 0.3) is 0 Å². The first-order valence-electron chi connectivity index (χ1n) is 10.2. The summed E-state index contributed by atoms with van der Waals surface area (Å²) in [5, 5.41) is 9.35. The van der Waals surface area contributed by atoms with Gasteiger partial charge in [-0.2, -0.15) is 5.26 Å². The Labute approximate surface area is 193 Å². The van der Waals surface area contributed by atoms with Crippen molar-refractivity contribution in [2.45, 2.75) is 11.3 Å². The fourth-order valence-corrected chi connectivity index (χ4v) is 3.81. The van der Waals surface area contributed by atoms with E-state index in [1.54, 1.807) is 44.5 Å². The summed E-state index contributed by atoms with van der Waals surface area (Å²) in [6, 6.07) is 15.6. The summed E-state index contributed by atoms with van der Waals surface area (Å²) < 4.78 is 14.2. The zero-order valence-electron chi connectivity index (χ0n) is 18.8. The molecular formula is C24H27N5O2S. The second-order valence-electron chi connectivity index (χ2n) is 7.35. The third-order valence-electron chi connectivity index (χ3n) is 4.75. The van der Waals surface area contributed by atoms with Gasteiger partial charge >= 0.3 is 0 Å². The van der Waals surface area contributed by atoms with Crippen LogP contribution in [0.5, 0.6) is 11.5 Å². The van der Waals surface area contributed by atoms with Gasteiger partial charge in [-0.25, -0.2) is 9.97 Å². The molecule has 3 rings (SSSR count). The molecule has 0 radical (unpaired) electrons. The molecule has 0 aliphatic rings. The number of aromatic nitrogens is 2. The molecule has 0 bridgehead atoms. The summed E-state index contributed by atoms with van der Waals surface area (Å²) in [6.45, 7) is 1.84. The third kappa shape index (κ3) is 6.20. The molecule has 0 amide bonds. The van der Waals surface area contributed by atoms with E-state index in [1.807, 2.05) is 24.3 Å². The molecule has 0 aliphatic heterocycles. The SMILES string of the molecule is COc1ccc(-c2ccnc(Cc3ccc(SNCCN(C)C)c(OC)c3)n2)cc1C#N. The maximum absolute atomic E-state index is 9.35. The lowest BCUT2D eigenvalue weighted by atomic mass is 10.1. The Bertz CT molecular complexity index is 1100. The molecule has 2 aromatic carbocycles. The van der Waals surface area contributed by atoms with Crippen molar-refractivity contribution in [1.82, 2.24) is 19.6 Å². The topological polar surface area (TPSA) is 83.3 Å². The summed E-state index contributed by atoms with van der Waals surface area (Å²) in [6.07, 6.45) is 2.31. The van der Waals surface area contributed by atoms with Gasteiger partial charge in [0, 0.05) is 31.3 Å². The number of hydrogen-bond donors (Lipinski definition) is 1. The van der Waals surface area contributed by atoms with Gasteiger partial charge in [-0.1, -0.05) is 6.07 Å². The molecule has 32 heavy (non-hydrogen) atoms. The summed E-state index contributed by atoms with van der Waals surface area (Å²) >= 11 is 1.57. The first-order chi connectivity index (χ1) is 15.5. The maximum atomic E-state index is 9.35. The second-order valence-corrected chi connectivity index (χ2v) is 8.28. The van der Waals surface area contributed by atoms with Crippen molar-refractivity contribution < 1.29 is 9.47 Å². The van der Waals surface area contributed by atoms with Crippen molar-refractivity contribution in [3.8, 4) is 28.8 Å². The lowest BCUT2D eigenvalue weighted by Gasteiger charge is -2.13. The molecule has 8 heteroatoms. The number of methoxy groups -OCH3 is 2. The molecule has 0 unspecified atom stereocenters. The molecule has 0 saturated carbocycles. The van der Waals surface area contributed by atoms with Crippen LogP contribution < -0.4 is 14.2 Å². The highest BCUT2D eigenvalue weighted by atomic mass is 32.2. The number of nitrogens with zero attached hydrogens (tertiary/aromatic N) is 4. The number of ether oxygens (including phenoxy) is 2. The average Bonchev–Trinajstić information content (AvgIpc) is 2.82. The molecule has 166 valence electrons. The minimum Gasteiger partial charge on any atom is -0.496 e. The molecule has 0 spiro atoms. The lowest BCUT2D eigenvalue weighted by molar-refractivity contribution is 0.403. The van der Waals surface area contributed by atoms with E-state index in [0.29, 0.717) is 23.6 Å². The normalized spacial score (nSPS) is 10.8. The Morgan fingerprint density at radius 3 is 2.59 bits per heavy atom. The van der Waals surface area contributed by atoms with Crippen LogP contribution in [0.2, 0.25) is 0 Å². The minimum absolute atomic E-state index is 0.474. The Morgan fingerprint density at radius 1 is 1.06 bits per heavy atom. The van der Waals surface area contributed by atoms with Crippen LogP contribution in [-0.2, 0) is 6.42 Å². The van der Waals surface area contributed by atoms with Crippen LogP contribution in [0.4, 0.5) is 0 Å². The Hall–Kier alpha value is -3.12. The number of benzene rings is 2. The predicted octanol–water partition coefficient (Wildman–Crippen LogP) is 3.78.